The molecule has 3 N–H and O–H groups in total. The van der Waals surface area contributed by atoms with Gasteiger partial charge < -0.3 is 10.5 Å². The molecule has 0 aromatic carbocycles. The van der Waals surface area contributed by atoms with Crippen molar-refractivity contribution in [2.45, 2.75) is 46.1 Å². The molecular weight excluding hydrogens is 266 g/mol. The predicted octanol–water partition coefficient (Wildman–Crippen LogP) is 2.77. The number of nitrogens with one attached hydrogen (secondary N) is 1. The van der Waals surface area contributed by atoms with Crippen LogP contribution in [0.3, 0.4) is 0 Å². The molecule has 1 saturated carbocycles. The Morgan fingerprint density at radius 2 is 2.14 bits per heavy atom. The average molecular weight is 289 g/mol. The first-order valence-corrected chi connectivity index (χ1v) is 7.68. The zero-order valence-corrected chi connectivity index (χ0v) is 12.8. The SMILES string of the molecule is CC1CCC(C(C)C)C(Oc2nc(N)nc3[nH]ncc23)C1. The highest BCUT2D eigenvalue weighted by Gasteiger charge is 2.33. The van der Waals surface area contributed by atoms with Crippen molar-refractivity contribution in [3.63, 3.8) is 0 Å². The van der Waals surface area contributed by atoms with E-state index in [4.69, 9.17) is 10.5 Å². The minimum Gasteiger partial charge on any atom is -0.473 e. The Labute approximate surface area is 124 Å². The maximum Gasteiger partial charge on any atom is 0.229 e. The van der Waals surface area contributed by atoms with Crippen molar-refractivity contribution in [3.05, 3.63) is 6.20 Å². The van der Waals surface area contributed by atoms with Crippen LogP contribution in [-0.4, -0.2) is 26.3 Å². The molecule has 3 rings (SSSR count). The molecule has 3 atom stereocenters. The fraction of sp³-hybridized carbons (Fsp3) is 0.667. The number of nitrogens with zero attached hydrogens (tertiary/aromatic N) is 3. The van der Waals surface area contributed by atoms with Gasteiger partial charge in [-0.1, -0.05) is 27.2 Å². The van der Waals surface area contributed by atoms with Gasteiger partial charge in [-0.2, -0.15) is 15.1 Å². The van der Waals surface area contributed by atoms with Crippen LogP contribution in [0, 0.1) is 17.8 Å². The number of hydrogen-bond donors (Lipinski definition) is 2. The van der Waals surface area contributed by atoms with Gasteiger partial charge in [-0.3, -0.25) is 5.10 Å². The van der Waals surface area contributed by atoms with Crippen molar-refractivity contribution in [1.82, 2.24) is 20.2 Å². The summed E-state index contributed by atoms with van der Waals surface area (Å²) in [4.78, 5) is 8.40. The predicted molar refractivity (Wildman–Crippen MR) is 81.9 cm³/mol. The molecule has 1 fully saturated rings. The van der Waals surface area contributed by atoms with Gasteiger partial charge in [0.05, 0.1) is 6.20 Å². The van der Waals surface area contributed by atoms with E-state index in [1.54, 1.807) is 6.20 Å². The maximum absolute atomic E-state index is 6.26. The monoisotopic (exact) mass is 289 g/mol. The number of anilines is 1. The van der Waals surface area contributed by atoms with E-state index < -0.39 is 0 Å². The first-order chi connectivity index (χ1) is 10.0. The topological polar surface area (TPSA) is 89.7 Å². The minimum atomic E-state index is 0.182. The summed E-state index contributed by atoms with van der Waals surface area (Å²) < 4.78 is 6.26. The molecule has 0 amide bonds. The summed E-state index contributed by atoms with van der Waals surface area (Å²) in [6.45, 7) is 6.81. The van der Waals surface area contributed by atoms with Crippen molar-refractivity contribution >= 4 is 17.0 Å². The van der Waals surface area contributed by atoms with Gasteiger partial charge in [-0.05, 0) is 30.6 Å². The molecule has 0 bridgehead atoms. The highest BCUT2D eigenvalue weighted by molar-refractivity contribution is 5.80. The zero-order valence-electron chi connectivity index (χ0n) is 12.8. The highest BCUT2D eigenvalue weighted by atomic mass is 16.5. The van der Waals surface area contributed by atoms with E-state index in [1.165, 1.54) is 12.8 Å². The molecule has 1 aliphatic rings. The second kappa shape index (κ2) is 5.50. The Bertz CT molecular complexity index is 624. The third-order valence-electron chi connectivity index (χ3n) is 4.52. The molecule has 21 heavy (non-hydrogen) atoms. The fourth-order valence-electron chi connectivity index (χ4n) is 3.31. The molecule has 3 unspecified atom stereocenters. The number of rotatable bonds is 3. The van der Waals surface area contributed by atoms with Crippen LogP contribution >= 0.6 is 0 Å². The molecule has 0 aliphatic heterocycles. The number of nitrogen functional groups attached to an aromatic ring is 1. The average Bonchev–Trinajstić information content (AvgIpc) is 2.86. The Morgan fingerprint density at radius 1 is 1.33 bits per heavy atom. The first kappa shape index (κ1) is 14.1. The minimum absolute atomic E-state index is 0.182. The molecule has 0 radical (unpaired) electrons. The van der Waals surface area contributed by atoms with Crippen LogP contribution in [0.1, 0.15) is 40.0 Å². The second-order valence-corrected chi connectivity index (χ2v) is 6.50. The summed E-state index contributed by atoms with van der Waals surface area (Å²) in [5.74, 6) is 2.60. The van der Waals surface area contributed by atoms with E-state index in [-0.39, 0.29) is 12.1 Å². The Kier molecular flexibility index (Phi) is 3.69. The van der Waals surface area contributed by atoms with Crippen molar-refractivity contribution in [1.29, 1.82) is 0 Å². The van der Waals surface area contributed by atoms with E-state index in [2.05, 4.69) is 40.9 Å². The molecule has 1 aliphatic carbocycles. The molecule has 2 aromatic rings. The van der Waals surface area contributed by atoms with Crippen LogP contribution in [0.15, 0.2) is 6.20 Å². The highest BCUT2D eigenvalue weighted by Crippen LogP contribution is 2.36. The lowest BCUT2D eigenvalue weighted by atomic mass is 9.75. The van der Waals surface area contributed by atoms with Gasteiger partial charge in [0.1, 0.15) is 11.5 Å². The normalized spacial score (nSPS) is 26.4. The lowest BCUT2D eigenvalue weighted by molar-refractivity contribution is 0.0439. The number of H-pyrrole nitrogens is 1. The smallest absolute Gasteiger partial charge is 0.229 e. The third-order valence-corrected chi connectivity index (χ3v) is 4.52. The van der Waals surface area contributed by atoms with E-state index in [9.17, 15) is 0 Å². The third kappa shape index (κ3) is 2.80. The quantitative estimate of drug-likeness (QED) is 0.906. The van der Waals surface area contributed by atoms with Crippen molar-refractivity contribution in [2.24, 2.45) is 17.8 Å². The van der Waals surface area contributed by atoms with Gasteiger partial charge in [0.15, 0.2) is 5.65 Å². The molecule has 6 nitrogen and oxygen atoms in total. The van der Waals surface area contributed by atoms with Crippen LogP contribution in [0.25, 0.3) is 11.0 Å². The number of aromatic nitrogens is 4. The summed E-state index contributed by atoms with van der Waals surface area (Å²) >= 11 is 0. The Hall–Kier alpha value is -1.85. The lowest BCUT2D eigenvalue weighted by Gasteiger charge is -2.37. The van der Waals surface area contributed by atoms with Crippen molar-refractivity contribution in [3.8, 4) is 5.88 Å². The van der Waals surface area contributed by atoms with Gasteiger partial charge in [0, 0.05) is 0 Å². The molecular formula is C15H23N5O. The number of hydrogen-bond acceptors (Lipinski definition) is 5. The summed E-state index contributed by atoms with van der Waals surface area (Å²) in [6, 6.07) is 0. The Balaban J connectivity index is 1.90. The summed E-state index contributed by atoms with van der Waals surface area (Å²) in [7, 11) is 0. The Morgan fingerprint density at radius 3 is 2.90 bits per heavy atom. The van der Waals surface area contributed by atoms with Crippen LogP contribution in [0.2, 0.25) is 0 Å². The largest absolute Gasteiger partial charge is 0.473 e. The molecule has 0 spiro atoms. The summed E-state index contributed by atoms with van der Waals surface area (Å²) in [6.07, 6.45) is 5.42. The second-order valence-electron chi connectivity index (χ2n) is 6.50. The number of fused-ring (bicyclic) bond motifs is 1. The number of ether oxygens (including phenoxy) is 1. The van der Waals surface area contributed by atoms with Crippen LogP contribution in [0.4, 0.5) is 5.95 Å². The van der Waals surface area contributed by atoms with Crippen molar-refractivity contribution in [2.75, 3.05) is 5.73 Å². The van der Waals surface area contributed by atoms with E-state index in [0.29, 0.717) is 29.3 Å². The molecule has 2 aromatic heterocycles. The van der Waals surface area contributed by atoms with Crippen LogP contribution < -0.4 is 10.5 Å². The lowest BCUT2D eigenvalue weighted by Crippen LogP contribution is -2.36. The maximum atomic E-state index is 6.26. The molecule has 0 saturated heterocycles. The van der Waals surface area contributed by atoms with Gasteiger partial charge in [-0.15, -0.1) is 0 Å². The summed E-state index contributed by atoms with van der Waals surface area (Å²) in [5.41, 5.74) is 6.39. The zero-order chi connectivity index (χ0) is 15.0. The number of nitrogens with two attached hydrogens (primary N) is 1. The van der Waals surface area contributed by atoms with E-state index in [1.807, 2.05) is 0 Å². The van der Waals surface area contributed by atoms with Crippen molar-refractivity contribution < 1.29 is 4.74 Å². The number of aromatic amines is 1. The molecule has 114 valence electrons. The fourth-order valence-corrected chi connectivity index (χ4v) is 3.31. The van der Waals surface area contributed by atoms with Gasteiger partial charge in [0.2, 0.25) is 11.8 Å². The van der Waals surface area contributed by atoms with E-state index in [0.717, 1.165) is 11.8 Å². The summed E-state index contributed by atoms with van der Waals surface area (Å²) in [5, 5.41) is 7.62. The van der Waals surface area contributed by atoms with Gasteiger partial charge >= 0.3 is 0 Å². The standard InChI is InChI=1S/C15H23N5O/c1-8(2)10-5-4-9(3)6-12(10)21-14-11-7-17-20-13(11)18-15(16)19-14/h7-10,12H,4-6H2,1-3H3,(H3,16,17,18,19,20). The van der Waals surface area contributed by atoms with Crippen LogP contribution in [0.5, 0.6) is 5.88 Å². The van der Waals surface area contributed by atoms with Gasteiger partial charge in [0.25, 0.3) is 0 Å². The molecule has 2 heterocycles. The van der Waals surface area contributed by atoms with E-state index >= 15 is 0 Å². The molecule has 6 heteroatoms. The van der Waals surface area contributed by atoms with Gasteiger partial charge in [-0.25, -0.2) is 0 Å². The first-order valence-electron chi connectivity index (χ1n) is 7.68. The van der Waals surface area contributed by atoms with Crippen LogP contribution in [-0.2, 0) is 0 Å².